The zero-order valence-corrected chi connectivity index (χ0v) is 15.1. The molecule has 3 rings (SSSR count). The summed E-state index contributed by atoms with van der Waals surface area (Å²) in [6.45, 7) is 5.55. The number of aryl methyl sites for hydroxylation is 1. The van der Waals surface area contributed by atoms with E-state index in [1.165, 1.54) is 0 Å². The van der Waals surface area contributed by atoms with E-state index in [2.05, 4.69) is 10.2 Å². The van der Waals surface area contributed by atoms with Crippen molar-refractivity contribution in [2.24, 2.45) is 0 Å². The number of carbonyl (C=O) groups excluding carboxylic acids is 1. The van der Waals surface area contributed by atoms with Gasteiger partial charge in [0, 0.05) is 5.56 Å². The predicted octanol–water partition coefficient (Wildman–Crippen LogP) is 4.28. The van der Waals surface area contributed by atoms with Crippen LogP contribution in [0.2, 0.25) is 0 Å². The van der Waals surface area contributed by atoms with Crippen molar-refractivity contribution in [1.82, 2.24) is 10.2 Å². The summed E-state index contributed by atoms with van der Waals surface area (Å²) in [6, 6.07) is 12.8. The highest BCUT2D eigenvalue weighted by Crippen LogP contribution is 2.25. The van der Waals surface area contributed by atoms with Crippen LogP contribution in [0.1, 0.15) is 40.4 Å². The van der Waals surface area contributed by atoms with E-state index in [0.717, 1.165) is 22.4 Å². The van der Waals surface area contributed by atoms with E-state index in [-0.39, 0.29) is 5.89 Å². The summed E-state index contributed by atoms with van der Waals surface area (Å²) < 4.78 is 16.3. The van der Waals surface area contributed by atoms with Crippen LogP contribution in [0.15, 0.2) is 46.9 Å². The van der Waals surface area contributed by atoms with Crippen molar-refractivity contribution >= 4 is 5.97 Å². The Labute approximate surface area is 151 Å². The Balaban J connectivity index is 1.74. The lowest BCUT2D eigenvalue weighted by molar-refractivity contribution is 0.0279. The minimum Gasteiger partial charge on any atom is -0.497 e. The molecule has 2 aromatic carbocycles. The van der Waals surface area contributed by atoms with Crippen LogP contribution in [0.5, 0.6) is 5.75 Å². The van der Waals surface area contributed by atoms with Crippen molar-refractivity contribution in [3.63, 3.8) is 0 Å². The van der Waals surface area contributed by atoms with Crippen LogP contribution >= 0.6 is 0 Å². The van der Waals surface area contributed by atoms with Gasteiger partial charge in [0.25, 0.3) is 5.89 Å². The first kappa shape index (κ1) is 17.7. The Hall–Kier alpha value is -3.15. The maximum Gasteiger partial charge on any atom is 0.339 e. The monoisotopic (exact) mass is 352 g/mol. The smallest absolute Gasteiger partial charge is 0.339 e. The Morgan fingerprint density at radius 2 is 1.81 bits per heavy atom. The fourth-order valence-electron chi connectivity index (χ4n) is 2.50. The van der Waals surface area contributed by atoms with E-state index >= 15 is 0 Å². The Morgan fingerprint density at radius 3 is 2.50 bits per heavy atom. The SMILES string of the molecule is COc1ccc(-c2nnc([C@H](C)OC(=O)c3cccc(C)c3C)o2)cc1. The summed E-state index contributed by atoms with van der Waals surface area (Å²) in [6.07, 6.45) is -0.651. The molecule has 0 radical (unpaired) electrons. The molecule has 0 unspecified atom stereocenters. The molecule has 134 valence electrons. The second kappa shape index (κ2) is 7.39. The van der Waals surface area contributed by atoms with E-state index < -0.39 is 12.1 Å². The molecule has 6 nitrogen and oxygen atoms in total. The van der Waals surface area contributed by atoms with Gasteiger partial charge >= 0.3 is 5.97 Å². The first-order valence-corrected chi connectivity index (χ1v) is 8.24. The normalized spacial score (nSPS) is 11.8. The fourth-order valence-corrected chi connectivity index (χ4v) is 2.50. The average molecular weight is 352 g/mol. The van der Waals surface area contributed by atoms with Crippen molar-refractivity contribution in [3.8, 4) is 17.2 Å². The Kier molecular flexibility index (Phi) is 5.02. The van der Waals surface area contributed by atoms with Crippen molar-refractivity contribution in [1.29, 1.82) is 0 Å². The Bertz CT molecular complexity index is 916. The van der Waals surface area contributed by atoms with Crippen LogP contribution in [0.3, 0.4) is 0 Å². The number of esters is 1. The van der Waals surface area contributed by atoms with Crippen LogP contribution in [-0.2, 0) is 4.74 Å². The van der Waals surface area contributed by atoms with E-state index in [1.807, 2.05) is 50.2 Å². The zero-order chi connectivity index (χ0) is 18.7. The molecule has 0 bridgehead atoms. The molecule has 0 aliphatic heterocycles. The summed E-state index contributed by atoms with van der Waals surface area (Å²) in [4.78, 5) is 12.4. The molecule has 0 amide bonds. The third kappa shape index (κ3) is 3.59. The van der Waals surface area contributed by atoms with E-state index in [4.69, 9.17) is 13.9 Å². The lowest BCUT2D eigenvalue weighted by Crippen LogP contribution is -2.11. The molecule has 26 heavy (non-hydrogen) atoms. The summed E-state index contributed by atoms with van der Waals surface area (Å²) in [7, 11) is 1.60. The molecule has 0 aliphatic carbocycles. The summed E-state index contributed by atoms with van der Waals surface area (Å²) >= 11 is 0. The third-order valence-corrected chi connectivity index (χ3v) is 4.23. The molecule has 1 aromatic heterocycles. The fraction of sp³-hybridized carbons (Fsp3) is 0.250. The Morgan fingerprint density at radius 1 is 1.08 bits per heavy atom. The van der Waals surface area contributed by atoms with Gasteiger partial charge in [-0.25, -0.2) is 4.79 Å². The van der Waals surface area contributed by atoms with Crippen LogP contribution < -0.4 is 4.74 Å². The first-order valence-electron chi connectivity index (χ1n) is 8.24. The largest absolute Gasteiger partial charge is 0.497 e. The summed E-state index contributed by atoms with van der Waals surface area (Å²) in [5, 5.41) is 8.02. The van der Waals surface area contributed by atoms with Gasteiger partial charge in [0.2, 0.25) is 5.89 Å². The van der Waals surface area contributed by atoms with Gasteiger partial charge in [0.05, 0.1) is 12.7 Å². The van der Waals surface area contributed by atoms with Gasteiger partial charge in [-0.05, 0) is 62.2 Å². The molecule has 1 heterocycles. The highest BCUT2D eigenvalue weighted by atomic mass is 16.6. The van der Waals surface area contributed by atoms with Gasteiger partial charge in [0.1, 0.15) is 5.75 Å². The molecule has 0 fully saturated rings. The summed E-state index contributed by atoms with van der Waals surface area (Å²) in [5.74, 6) is 0.930. The third-order valence-electron chi connectivity index (χ3n) is 4.23. The first-order chi connectivity index (χ1) is 12.5. The molecular weight excluding hydrogens is 332 g/mol. The minimum atomic E-state index is -0.651. The predicted molar refractivity (Wildman–Crippen MR) is 96.0 cm³/mol. The average Bonchev–Trinajstić information content (AvgIpc) is 3.14. The minimum absolute atomic E-state index is 0.245. The molecule has 6 heteroatoms. The molecule has 0 saturated heterocycles. The van der Waals surface area contributed by atoms with E-state index in [0.29, 0.717) is 11.5 Å². The number of ether oxygens (including phenoxy) is 2. The topological polar surface area (TPSA) is 74.5 Å². The van der Waals surface area contributed by atoms with Crippen LogP contribution in [-0.4, -0.2) is 23.3 Å². The molecule has 3 aromatic rings. The van der Waals surface area contributed by atoms with Crippen molar-refractivity contribution in [3.05, 3.63) is 65.0 Å². The maximum absolute atomic E-state index is 12.4. The van der Waals surface area contributed by atoms with E-state index in [9.17, 15) is 4.79 Å². The highest BCUT2D eigenvalue weighted by molar-refractivity contribution is 5.91. The number of aromatic nitrogens is 2. The highest BCUT2D eigenvalue weighted by Gasteiger charge is 2.21. The molecule has 0 N–H and O–H groups in total. The van der Waals surface area contributed by atoms with Crippen molar-refractivity contribution in [2.45, 2.75) is 26.9 Å². The van der Waals surface area contributed by atoms with Gasteiger partial charge in [-0.15, -0.1) is 10.2 Å². The van der Waals surface area contributed by atoms with Gasteiger partial charge in [0.15, 0.2) is 6.10 Å². The quantitative estimate of drug-likeness (QED) is 0.638. The number of hydrogen-bond acceptors (Lipinski definition) is 6. The molecule has 1 atom stereocenters. The number of carbonyl (C=O) groups is 1. The number of hydrogen-bond donors (Lipinski definition) is 0. The molecule has 0 saturated carbocycles. The van der Waals surface area contributed by atoms with Crippen LogP contribution in [0.25, 0.3) is 11.5 Å². The standard InChI is InChI=1S/C20H20N2O4/c1-12-6-5-7-17(13(12)2)20(23)25-14(3)18-21-22-19(26-18)15-8-10-16(24-4)11-9-15/h5-11,14H,1-4H3/t14-/m0/s1. The maximum atomic E-state index is 12.4. The number of benzene rings is 2. The summed E-state index contributed by atoms with van der Waals surface area (Å²) in [5.41, 5.74) is 3.23. The zero-order valence-electron chi connectivity index (χ0n) is 15.1. The molecule has 0 aliphatic rings. The molecular formula is C20H20N2O4. The van der Waals surface area contributed by atoms with Gasteiger partial charge in [-0.2, -0.15) is 0 Å². The van der Waals surface area contributed by atoms with Gasteiger partial charge in [-0.3, -0.25) is 0 Å². The van der Waals surface area contributed by atoms with E-state index in [1.54, 1.807) is 20.1 Å². The lowest BCUT2D eigenvalue weighted by atomic mass is 10.0. The van der Waals surface area contributed by atoms with Gasteiger partial charge in [-0.1, -0.05) is 12.1 Å². The van der Waals surface area contributed by atoms with Gasteiger partial charge < -0.3 is 13.9 Å². The second-order valence-corrected chi connectivity index (χ2v) is 5.97. The van der Waals surface area contributed by atoms with Crippen LogP contribution in [0, 0.1) is 13.8 Å². The van der Waals surface area contributed by atoms with Crippen LogP contribution in [0.4, 0.5) is 0 Å². The number of rotatable bonds is 5. The number of nitrogens with zero attached hydrogens (tertiary/aromatic N) is 2. The lowest BCUT2D eigenvalue weighted by Gasteiger charge is -2.12. The van der Waals surface area contributed by atoms with Crippen molar-refractivity contribution in [2.75, 3.05) is 7.11 Å². The molecule has 0 spiro atoms. The number of methoxy groups -OCH3 is 1. The second-order valence-electron chi connectivity index (χ2n) is 5.97. The van der Waals surface area contributed by atoms with Crippen molar-refractivity contribution < 1.29 is 18.7 Å².